The number of carbonyl (C=O) groups excluding carboxylic acids is 2. The molecular weight excluding hydrogens is 278 g/mol. The molecule has 1 heterocycles. The zero-order chi connectivity index (χ0) is 14.4. The number of primary amides is 1. The second kappa shape index (κ2) is 5.53. The Hall–Kier alpha value is -0.810. The molecule has 6 heteroatoms. The molecule has 0 aromatic carbocycles. The Morgan fingerprint density at radius 1 is 1.30 bits per heavy atom. The monoisotopic (exact) mass is 303 g/mol. The molecule has 2 amide bonds. The van der Waals surface area contributed by atoms with Gasteiger partial charge in [-0.05, 0) is 30.1 Å². The molecule has 1 saturated heterocycles. The minimum Gasteiger partial charge on any atom is -0.370 e. The van der Waals surface area contributed by atoms with Crippen molar-refractivity contribution in [3.63, 3.8) is 0 Å². The molecule has 5 nitrogen and oxygen atoms in total. The van der Waals surface area contributed by atoms with E-state index in [-0.39, 0.29) is 41.6 Å². The Morgan fingerprint density at radius 2 is 1.90 bits per heavy atom. The number of nitrogens with two attached hydrogens (primary N) is 2. The Balaban J connectivity index is 0.00000200. The van der Waals surface area contributed by atoms with E-state index in [2.05, 4.69) is 20.8 Å². The van der Waals surface area contributed by atoms with Gasteiger partial charge in [0.2, 0.25) is 11.8 Å². The first kappa shape index (κ1) is 17.2. The van der Waals surface area contributed by atoms with Crippen LogP contribution in [-0.4, -0.2) is 35.3 Å². The Kier molecular flexibility index (Phi) is 4.76. The van der Waals surface area contributed by atoms with Gasteiger partial charge in [-0.15, -0.1) is 12.4 Å². The number of rotatable bonds is 3. The van der Waals surface area contributed by atoms with Crippen molar-refractivity contribution in [2.75, 3.05) is 6.54 Å². The van der Waals surface area contributed by atoms with E-state index in [1.165, 1.54) is 0 Å². The second-order valence-electron chi connectivity index (χ2n) is 7.46. The molecule has 2 bridgehead atoms. The SMILES string of the molecule is CC1(C)CC2CC(C)(CN2C(=O)C(N)CC(N)=O)C1.Cl. The zero-order valence-electron chi connectivity index (χ0n) is 12.5. The number of fused-ring (bicyclic) bond motifs is 2. The van der Waals surface area contributed by atoms with Crippen molar-refractivity contribution in [2.24, 2.45) is 22.3 Å². The van der Waals surface area contributed by atoms with Crippen LogP contribution in [0.1, 0.15) is 46.5 Å². The van der Waals surface area contributed by atoms with Crippen molar-refractivity contribution in [2.45, 2.75) is 58.5 Å². The van der Waals surface area contributed by atoms with E-state index in [4.69, 9.17) is 11.5 Å². The number of carbonyl (C=O) groups is 2. The highest BCUT2D eigenvalue weighted by Crippen LogP contribution is 2.52. The lowest BCUT2D eigenvalue weighted by molar-refractivity contribution is -0.135. The number of halogens is 1. The van der Waals surface area contributed by atoms with Crippen LogP contribution in [0.4, 0.5) is 0 Å². The summed E-state index contributed by atoms with van der Waals surface area (Å²) in [6, 6.07) is -0.524. The number of amides is 2. The van der Waals surface area contributed by atoms with Crippen molar-refractivity contribution >= 4 is 24.2 Å². The Bertz CT molecular complexity index is 413. The maximum absolute atomic E-state index is 12.4. The van der Waals surface area contributed by atoms with E-state index in [1.54, 1.807) is 0 Å². The largest absolute Gasteiger partial charge is 0.370 e. The summed E-state index contributed by atoms with van der Waals surface area (Å²) in [6.45, 7) is 7.52. The third-order valence-corrected chi connectivity index (χ3v) is 4.44. The number of hydrogen-bond donors (Lipinski definition) is 2. The topological polar surface area (TPSA) is 89.4 Å². The van der Waals surface area contributed by atoms with Crippen LogP contribution in [0.5, 0.6) is 0 Å². The third-order valence-electron chi connectivity index (χ3n) is 4.44. The van der Waals surface area contributed by atoms with Gasteiger partial charge < -0.3 is 16.4 Å². The van der Waals surface area contributed by atoms with E-state index in [0.29, 0.717) is 0 Å². The standard InChI is InChI=1S/C14H25N3O2.ClH/c1-13(2)5-9-6-14(3,7-13)8-17(9)12(19)10(15)4-11(16)18;/h9-10H,4-8,15H2,1-3H3,(H2,16,18);1H. The molecule has 2 aliphatic rings. The molecule has 1 saturated carbocycles. The van der Waals surface area contributed by atoms with Gasteiger partial charge in [-0.2, -0.15) is 0 Å². The van der Waals surface area contributed by atoms with E-state index in [0.717, 1.165) is 25.8 Å². The highest BCUT2D eigenvalue weighted by Gasteiger charge is 2.51. The molecule has 0 spiro atoms. The molecule has 1 aliphatic heterocycles. The van der Waals surface area contributed by atoms with Crippen molar-refractivity contribution < 1.29 is 9.59 Å². The fourth-order valence-electron chi connectivity index (χ4n) is 4.23. The smallest absolute Gasteiger partial charge is 0.240 e. The van der Waals surface area contributed by atoms with Crippen molar-refractivity contribution in [1.29, 1.82) is 0 Å². The van der Waals surface area contributed by atoms with Gasteiger partial charge in [-0.25, -0.2) is 0 Å². The van der Waals surface area contributed by atoms with Crippen LogP contribution in [-0.2, 0) is 9.59 Å². The Morgan fingerprint density at radius 3 is 2.45 bits per heavy atom. The number of nitrogens with zero attached hydrogens (tertiary/aromatic N) is 1. The normalized spacial score (nSPS) is 32.4. The highest BCUT2D eigenvalue weighted by molar-refractivity contribution is 5.88. The van der Waals surface area contributed by atoms with Crippen LogP contribution in [0.25, 0.3) is 0 Å². The first-order valence-electron chi connectivity index (χ1n) is 6.96. The maximum atomic E-state index is 12.4. The van der Waals surface area contributed by atoms with Gasteiger partial charge >= 0.3 is 0 Å². The lowest BCUT2D eigenvalue weighted by Gasteiger charge is -2.39. The Labute approximate surface area is 126 Å². The average molecular weight is 304 g/mol. The summed E-state index contributed by atoms with van der Waals surface area (Å²) < 4.78 is 0. The molecule has 2 rings (SSSR count). The van der Waals surface area contributed by atoms with Gasteiger partial charge in [-0.1, -0.05) is 20.8 Å². The van der Waals surface area contributed by atoms with Crippen LogP contribution >= 0.6 is 12.4 Å². The quantitative estimate of drug-likeness (QED) is 0.816. The fraction of sp³-hybridized carbons (Fsp3) is 0.857. The molecule has 0 aromatic rings. The van der Waals surface area contributed by atoms with E-state index < -0.39 is 11.9 Å². The molecule has 0 aromatic heterocycles. The van der Waals surface area contributed by atoms with Gasteiger partial charge in [0.15, 0.2) is 0 Å². The maximum Gasteiger partial charge on any atom is 0.240 e. The van der Waals surface area contributed by atoms with E-state index in [1.807, 2.05) is 4.90 Å². The summed E-state index contributed by atoms with van der Waals surface area (Å²) in [5, 5.41) is 0. The lowest BCUT2D eigenvalue weighted by Crippen LogP contribution is -2.48. The van der Waals surface area contributed by atoms with Gasteiger partial charge in [0.05, 0.1) is 12.5 Å². The zero-order valence-corrected chi connectivity index (χ0v) is 13.3. The minimum absolute atomic E-state index is 0. The molecule has 3 atom stereocenters. The summed E-state index contributed by atoms with van der Waals surface area (Å²) in [5.74, 6) is -0.639. The van der Waals surface area contributed by atoms with Gasteiger partial charge in [0.25, 0.3) is 0 Å². The fourth-order valence-corrected chi connectivity index (χ4v) is 4.23. The number of hydrogen-bond acceptors (Lipinski definition) is 3. The van der Waals surface area contributed by atoms with Crippen LogP contribution in [0.2, 0.25) is 0 Å². The predicted octanol–water partition coefficient (Wildman–Crippen LogP) is 1.04. The molecule has 3 unspecified atom stereocenters. The van der Waals surface area contributed by atoms with Crippen LogP contribution in [0.15, 0.2) is 0 Å². The first-order chi connectivity index (χ1) is 8.62. The van der Waals surface area contributed by atoms with Gasteiger partial charge in [0, 0.05) is 12.6 Å². The number of likely N-dealkylation sites (tertiary alicyclic amines) is 1. The summed E-state index contributed by atoms with van der Waals surface area (Å²) in [4.78, 5) is 25.2. The van der Waals surface area contributed by atoms with Gasteiger partial charge in [0.1, 0.15) is 0 Å². The molecule has 4 N–H and O–H groups in total. The summed E-state index contributed by atoms with van der Waals surface area (Å²) in [5.41, 5.74) is 11.4. The lowest BCUT2D eigenvalue weighted by atomic mass is 9.65. The van der Waals surface area contributed by atoms with Crippen molar-refractivity contribution in [1.82, 2.24) is 4.90 Å². The summed E-state index contributed by atoms with van der Waals surface area (Å²) in [6.07, 6.45) is 3.12. The minimum atomic E-state index is -0.788. The highest BCUT2D eigenvalue weighted by atomic mass is 35.5. The van der Waals surface area contributed by atoms with Crippen molar-refractivity contribution in [3.05, 3.63) is 0 Å². The molecular formula is C14H26ClN3O2. The molecule has 1 aliphatic carbocycles. The van der Waals surface area contributed by atoms with Crippen LogP contribution in [0, 0.1) is 10.8 Å². The molecule has 20 heavy (non-hydrogen) atoms. The second-order valence-corrected chi connectivity index (χ2v) is 7.46. The first-order valence-corrected chi connectivity index (χ1v) is 6.96. The van der Waals surface area contributed by atoms with E-state index in [9.17, 15) is 9.59 Å². The van der Waals surface area contributed by atoms with E-state index >= 15 is 0 Å². The van der Waals surface area contributed by atoms with Gasteiger partial charge in [-0.3, -0.25) is 9.59 Å². The van der Waals surface area contributed by atoms with Crippen molar-refractivity contribution in [3.8, 4) is 0 Å². The average Bonchev–Trinajstić information content (AvgIpc) is 2.45. The summed E-state index contributed by atoms with van der Waals surface area (Å²) in [7, 11) is 0. The molecule has 0 radical (unpaired) electrons. The molecule has 116 valence electrons. The predicted molar refractivity (Wildman–Crippen MR) is 80.3 cm³/mol. The molecule has 2 fully saturated rings. The van der Waals surface area contributed by atoms with Crippen LogP contribution < -0.4 is 11.5 Å². The summed E-state index contributed by atoms with van der Waals surface area (Å²) >= 11 is 0. The van der Waals surface area contributed by atoms with Crippen LogP contribution in [0.3, 0.4) is 0 Å². The third kappa shape index (κ3) is 3.44.